The van der Waals surface area contributed by atoms with Gasteiger partial charge in [-0.2, -0.15) is 0 Å². The number of nitrogens with zero attached hydrogens (tertiary/aromatic N) is 1. The van der Waals surface area contributed by atoms with Gasteiger partial charge in [0.05, 0.1) is 5.69 Å². The second kappa shape index (κ2) is 11.1. The van der Waals surface area contributed by atoms with E-state index in [1.54, 1.807) is 11.8 Å². The minimum atomic E-state index is -0.0672. The van der Waals surface area contributed by atoms with Crippen molar-refractivity contribution in [2.24, 2.45) is 0 Å². The van der Waals surface area contributed by atoms with Crippen LogP contribution in [-0.2, 0) is 0 Å². The number of carbonyl (C=O) groups excluding carboxylic acids is 1. The molecule has 0 atom stereocenters. The molecule has 0 aliphatic carbocycles. The van der Waals surface area contributed by atoms with Crippen molar-refractivity contribution in [1.29, 1.82) is 0 Å². The molecule has 0 saturated carbocycles. The Bertz CT molecular complexity index is 618. The summed E-state index contributed by atoms with van der Waals surface area (Å²) in [4.78, 5) is 15.8. The number of nitrogens with one attached hydrogen (secondary N) is 1. The standard InChI is InChI=1S/C19H24N2OS.ClH/c1-3-21(4-2)14-15-23-18-13-9-8-12-17(18)20-19(22)16-10-6-5-7-11-16;/h5-13H,3-4,14-15H2,1-2H3,(H,20,22);1H. The van der Waals surface area contributed by atoms with Crippen molar-refractivity contribution in [2.75, 3.05) is 30.7 Å². The topological polar surface area (TPSA) is 32.3 Å². The van der Waals surface area contributed by atoms with Gasteiger partial charge < -0.3 is 10.2 Å². The van der Waals surface area contributed by atoms with Crippen molar-refractivity contribution in [3.63, 3.8) is 0 Å². The molecule has 1 N–H and O–H groups in total. The maximum atomic E-state index is 12.3. The number of hydrogen-bond donors (Lipinski definition) is 1. The summed E-state index contributed by atoms with van der Waals surface area (Å²) in [7, 11) is 0. The molecule has 5 heteroatoms. The Labute approximate surface area is 155 Å². The molecule has 0 aliphatic rings. The zero-order valence-corrected chi connectivity index (χ0v) is 15.8. The van der Waals surface area contributed by atoms with E-state index >= 15 is 0 Å². The number of rotatable bonds is 8. The third kappa shape index (κ3) is 6.19. The Morgan fingerprint density at radius 1 is 1.00 bits per heavy atom. The first kappa shape index (κ1) is 20.6. The molecule has 24 heavy (non-hydrogen) atoms. The third-order valence-corrected chi connectivity index (χ3v) is 4.78. The Kier molecular flexibility index (Phi) is 9.53. The number of halogens is 1. The van der Waals surface area contributed by atoms with E-state index in [-0.39, 0.29) is 18.3 Å². The fourth-order valence-electron chi connectivity index (χ4n) is 2.30. The van der Waals surface area contributed by atoms with Crippen LogP contribution in [0.3, 0.4) is 0 Å². The van der Waals surface area contributed by atoms with E-state index in [9.17, 15) is 4.79 Å². The van der Waals surface area contributed by atoms with Crippen molar-refractivity contribution < 1.29 is 4.79 Å². The van der Waals surface area contributed by atoms with E-state index in [4.69, 9.17) is 0 Å². The van der Waals surface area contributed by atoms with Crippen molar-refractivity contribution in [3.05, 3.63) is 60.2 Å². The van der Waals surface area contributed by atoms with Crippen LogP contribution in [0.15, 0.2) is 59.5 Å². The quantitative estimate of drug-likeness (QED) is 0.683. The highest BCUT2D eigenvalue weighted by Gasteiger charge is 2.09. The van der Waals surface area contributed by atoms with Crippen LogP contribution < -0.4 is 5.32 Å². The number of thioether (sulfide) groups is 1. The molecule has 0 unspecified atom stereocenters. The van der Waals surface area contributed by atoms with Gasteiger partial charge in [-0.25, -0.2) is 0 Å². The summed E-state index contributed by atoms with van der Waals surface area (Å²) >= 11 is 1.79. The lowest BCUT2D eigenvalue weighted by atomic mass is 10.2. The molecule has 0 aliphatic heterocycles. The van der Waals surface area contributed by atoms with Gasteiger partial charge in [0, 0.05) is 22.8 Å². The minimum absolute atomic E-state index is 0. The molecule has 0 fully saturated rings. The normalized spacial score (nSPS) is 10.3. The molecule has 0 bridgehead atoms. The second-order valence-electron chi connectivity index (χ2n) is 5.19. The molecule has 2 aromatic carbocycles. The van der Waals surface area contributed by atoms with Gasteiger partial charge in [-0.3, -0.25) is 4.79 Å². The van der Waals surface area contributed by atoms with Gasteiger partial charge in [0.25, 0.3) is 5.91 Å². The molecule has 0 radical (unpaired) electrons. The van der Waals surface area contributed by atoms with E-state index in [1.807, 2.05) is 48.5 Å². The maximum Gasteiger partial charge on any atom is 0.255 e. The van der Waals surface area contributed by atoms with E-state index in [0.717, 1.165) is 36.0 Å². The molecule has 3 nitrogen and oxygen atoms in total. The van der Waals surface area contributed by atoms with E-state index < -0.39 is 0 Å². The van der Waals surface area contributed by atoms with Crippen LogP contribution in [0.1, 0.15) is 24.2 Å². The lowest BCUT2D eigenvalue weighted by Crippen LogP contribution is -2.25. The van der Waals surface area contributed by atoms with Crippen molar-refractivity contribution in [3.8, 4) is 0 Å². The highest BCUT2D eigenvalue weighted by Crippen LogP contribution is 2.27. The van der Waals surface area contributed by atoms with Crippen molar-refractivity contribution >= 4 is 35.8 Å². The number of para-hydroxylation sites is 1. The predicted octanol–water partition coefficient (Wildman–Crippen LogP) is 4.79. The summed E-state index contributed by atoms with van der Waals surface area (Å²) in [5, 5.41) is 3.02. The number of hydrogen-bond acceptors (Lipinski definition) is 3. The summed E-state index contributed by atoms with van der Waals surface area (Å²) in [6, 6.07) is 17.3. The molecule has 0 heterocycles. The van der Waals surface area contributed by atoms with Gasteiger partial charge in [-0.1, -0.05) is 44.2 Å². The van der Waals surface area contributed by atoms with Gasteiger partial charge in [-0.15, -0.1) is 24.2 Å². The van der Waals surface area contributed by atoms with Crippen LogP contribution in [0.2, 0.25) is 0 Å². The molecule has 0 saturated heterocycles. The summed E-state index contributed by atoms with van der Waals surface area (Å²) < 4.78 is 0. The van der Waals surface area contributed by atoms with Gasteiger partial charge >= 0.3 is 0 Å². The smallest absolute Gasteiger partial charge is 0.255 e. The monoisotopic (exact) mass is 364 g/mol. The zero-order valence-electron chi connectivity index (χ0n) is 14.2. The van der Waals surface area contributed by atoms with Crippen LogP contribution in [0.5, 0.6) is 0 Å². The molecule has 2 aromatic rings. The average Bonchev–Trinajstić information content (AvgIpc) is 2.61. The Hall–Kier alpha value is -1.49. The van der Waals surface area contributed by atoms with Gasteiger partial charge in [-0.05, 0) is 37.4 Å². The largest absolute Gasteiger partial charge is 0.321 e. The third-order valence-electron chi connectivity index (χ3n) is 3.73. The molecule has 130 valence electrons. The molecular formula is C19H25ClN2OS. The SMILES string of the molecule is CCN(CC)CCSc1ccccc1NC(=O)c1ccccc1.Cl. The van der Waals surface area contributed by atoms with Gasteiger partial charge in [0.15, 0.2) is 0 Å². The lowest BCUT2D eigenvalue weighted by molar-refractivity contribution is 0.102. The Morgan fingerprint density at radius 2 is 1.62 bits per heavy atom. The molecule has 2 rings (SSSR count). The number of benzene rings is 2. The zero-order chi connectivity index (χ0) is 16.5. The highest BCUT2D eigenvalue weighted by molar-refractivity contribution is 7.99. The fourth-order valence-corrected chi connectivity index (χ4v) is 3.32. The number of anilines is 1. The second-order valence-corrected chi connectivity index (χ2v) is 6.33. The van der Waals surface area contributed by atoms with E-state index in [1.165, 1.54) is 0 Å². The van der Waals surface area contributed by atoms with Crippen LogP contribution in [0.25, 0.3) is 0 Å². The minimum Gasteiger partial charge on any atom is -0.321 e. The maximum absolute atomic E-state index is 12.3. The summed E-state index contributed by atoms with van der Waals surface area (Å²) in [5.41, 5.74) is 1.56. The fraction of sp³-hybridized carbons (Fsp3) is 0.316. The molecule has 0 spiro atoms. The van der Waals surface area contributed by atoms with E-state index in [2.05, 4.69) is 30.1 Å². The van der Waals surface area contributed by atoms with Crippen molar-refractivity contribution in [1.82, 2.24) is 4.90 Å². The number of amides is 1. The summed E-state index contributed by atoms with van der Waals surface area (Å²) in [6.45, 7) is 7.57. The Balaban J connectivity index is 0.00000288. The van der Waals surface area contributed by atoms with E-state index in [0.29, 0.717) is 5.56 Å². The highest BCUT2D eigenvalue weighted by atomic mass is 35.5. The Morgan fingerprint density at radius 3 is 2.29 bits per heavy atom. The summed E-state index contributed by atoms with van der Waals surface area (Å²) in [6.07, 6.45) is 0. The first-order valence-corrected chi connectivity index (χ1v) is 9.03. The van der Waals surface area contributed by atoms with Crippen LogP contribution in [-0.4, -0.2) is 36.2 Å². The first-order chi connectivity index (χ1) is 11.2. The van der Waals surface area contributed by atoms with Crippen LogP contribution in [0.4, 0.5) is 5.69 Å². The first-order valence-electron chi connectivity index (χ1n) is 8.05. The lowest BCUT2D eigenvalue weighted by Gasteiger charge is -2.18. The molecule has 1 amide bonds. The average molecular weight is 365 g/mol. The predicted molar refractivity (Wildman–Crippen MR) is 107 cm³/mol. The van der Waals surface area contributed by atoms with Crippen LogP contribution in [0, 0.1) is 0 Å². The number of carbonyl (C=O) groups is 1. The van der Waals surface area contributed by atoms with Gasteiger partial charge in [0.2, 0.25) is 0 Å². The molecular weight excluding hydrogens is 340 g/mol. The van der Waals surface area contributed by atoms with Crippen LogP contribution >= 0.6 is 24.2 Å². The van der Waals surface area contributed by atoms with Crippen molar-refractivity contribution in [2.45, 2.75) is 18.7 Å². The summed E-state index contributed by atoms with van der Waals surface area (Å²) in [5.74, 6) is 0.947. The molecule has 0 aromatic heterocycles. The van der Waals surface area contributed by atoms with Gasteiger partial charge in [0.1, 0.15) is 0 Å².